The van der Waals surface area contributed by atoms with Crippen LogP contribution < -0.4 is 9.64 Å². The van der Waals surface area contributed by atoms with Crippen LogP contribution in [0.1, 0.15) is 23.0 Å². The predicted octanol–water partition coefficient (Wildman–Crippen LogP) is 5.43. The van der Waals surface area contributed by atoms with Gasteiger partial charge < -0.3 is 4.74 Å². The molecule has 166 valence electrons. The summed E-state index contributed by atoms with van der Waals surface area (Å²) in [6.45, 7) is 3.00. The molecule has 0 spiro atoms. The molecule has 2 heterocycles. The number of rotatable bonds is 8. The highest BCUT2D eigenvalue weighted by Crippen LogP contribution is 2.24. The van der Waals surface area contributed by atoms with E-state index in [1.165, 1.54) is 0 Å². The lowest BCUT2D eigenvalue weighted by atomic mass is 10.1. The summed E-state index contributed by atoms with van der Waals surface area (Å²) in [5.41, 5.74) is 3.18. The van der Waals surface area contributed by atoms with Crippen LogP contribution in [0.5, 0.6) is 5.75 Å². The zero-order valence-corrected chi connectivity index (χ0v) is 20.3. The number of anilines is 1. The third-order valence-corrected chi connectivity index (χ3v) is 5.77. The van der Waals surface area contributed by atoms with Crippen molar-refractivity contribution in [2.45, 2.75) is 13.3 Å². The average Bonchev–Trinajstić information content (AvgIpc) is 2.86. The topological polar surface area (TPSA) is 68.2 Å². The van der Waals surface area contributed by atoms with Gasteiger partial charge >= 0.3 is 0 Å². The maximum atomic E-state index is 13.4. The highest BCUT2D eigenvalue weighted by molar-refractivity contribution is 14.1. The smallest absolute Gasteiger partial charge is 0.259 e. The fourth-order valence-corrected chi connectivity index (χ4v) is 3.83. The first kappa shape index (κ1) is 22.8. The fraction of sp³-hybridized carbons (Fsp3) is 0.154. The van der Waals surface area contributed by atoms with Crippen LogP contribution in [0.25, 0.3) is 11.3 Å². The highest BCUT2D eigenvalue weighted by Gasteiger charge is 2.20. The maximum absolute atomic E-state index is 13.4. The fourth-order valence-electron chi connectivity index (χ4n) is 3.47. The number of hydrogen-bond donors (Lipinski definition) is 0. The number of nitrogens with zero attached hydrogens (tertiary/aromatic N) is 4. The molecule has 0 atom stereocenters. The molecule has 7 heteroatoms. The van der Waals surface area contributed by atoms with Gasteiger partial charge in [-0.2, -0.15) is 0 Å². The van der Waals surface area contributed by atoms with Crippen LogP contribution in [0.2, 0.25) is 0 Å². The van der Waals surface area contributed by atoms with Crippen molar-refractivity contribution in [2.75, 3.05) is 18.1 Å². The first-order valence-corrected chi connectivity index (χ1v) is 11.7. The van der Waals surface area contributed by atoms with Gasteiger partial charge in [-0.25, -0.2) is 4.98 Å². The summed E-state index contributed by atoms with van der Waals surface area (Å²) in [5.74, 6) is 1.32. The van der Waals surface area contributed by atoms with Gasteiger partial charge in [0.15, 0.2) is 0 Å². The SMILES string of the molecule is CCOc1ccc(-c2nccnc2CCN(C(=O)c2ccc(I)cc2)c2ccccn2)cc1. The maximum Gasteiger partial charge on any atom is 0.259 e. The lowest BCUT2D eigenvalue weighted by Gasteiger charge is -2.22. The van der Waals surface area contributed by atoms with Crippen molar-refractivity contribution in [1.82, 2.24) is 15.0 Å². The summed E-state index contributed by atoms with van der Waals surface area (Å²) < 4.78 is 6.62. The standard InChI is InChI=1S/C26H23IN4O2/c1-2-33-22-12-8-19(9-13-22)25-23(28-16-17-30-25)14-18-31(24-5-3-4-15-29-24)26(32)20-6-10-21(27)11-7-20/h3-13,15-17H,2,14,18H2,1H3. The third kappa shape index (κ3) is 5.73. The zero-order chi connectivity index (χ0) is 23.0. The molecule has 6 nitrogen and oxygen atoms in total. The molecule has 0 N–H and O–H groups in total. The molecule has 0 saturated heterocycles. The molecule has 2 aromatic heterocycles. The monoisotopic (exact) mass is 550 g/mol. The zero-order valence-electron chi connectivity index (χ0n) is 18.2. The minimum atomic E-state index is -0.100. The predicted molar refractivity (Wildman–Crippen MR) is 137 cm³/mol. The van der Waals surface area contributed by atoms with E-state index < -0.39 is 0 Å². The quantitative estimate of drug-likeness (QED) is 0.274. The Morgan fingerprint density at radius 1 is 0.909 bits per heavy atom. The van der Waals surface area contributed by atoms with Gasteiger partial charge in [0.1, 0.15) is 11.6 Å². The van der Waals surface area contributed by atoms with E-state index in [1.807, 2.05) is 73.7 Å². The van der Waals surface area contributed by atoms with Crippen molar-refractivity contribution in [1.29, 1.82) is 0 Å². The molecule has 0 radical (unpaired) electrons. The van der Waals surface area contributed by atoms with Gasteiger partial charge in [-0.3, -0.25) is 19.7 Å². The van der Waals surface area contributed by atoms with Gasteiger partial charge in [0.05, 0.1) is 18.0 Å². The first-order chi connectivity index (χ1) is 16.2. The molecular weight excluding hydrogens is 527 g/mol. The molecule has 4 rings (SSSR count). The van der Waals surface area contributed by atoms with Crippen molar-refractivity contribution >= 4 is 34.3 Å². The number of carbonyl (C=O) groups is 1. The van der Waals surface area contributed by atoms with E-state index in [2.05, 4.69) is 37.5 Å². The Labute approximate surface area is 206 Å². The highest BCUT2D eigenvalue weighted by atomic mass is 127. The molecule has 33 heavy (non-hydrogen) atoms. The number of pyridine rings is 1. The Hall–Kier alpha value is -3.33. The molecule has 4 aromatic rings. The molecule has 0 aliphatic heterocycles. The van der Waals surface area contributed by atoms with Gasteiger partial charge in [0.2, 0.25) is 0 Å². The van der Waals surface area contributed by atoms with Crippen molar-refractivity contribution in [3.8, 4) is 17.0 Å². The van der Waals surface area contributed by atoms with Crippen LogP contribution in [0.3, 0.4) is 0 Å². The lowest BCUT2D eigenvalue weighted by molar-refractivity contribution is 0.0986. The summed E-state index contributed by atoms with van der Waals surface area (Å²) >= 11 is 2.23. The minimum Gasteiger partial charge on any atom is -0.494 e. The molecular formula is C26H23IN4O2. The second kappa shape index (κ2) is 11.0. The van der Waals surface area contributed by atoms with Crippen molar-refractivity contribution < 1.29 is 9.53 Å². The minimum absolute atomic E-state index is 0.100. The number of carbonyl (C=O) groups excluding carboxylic acids is 1. The van der Waals surface area contributed by atoms with Crippen LogP contribution in [0.15, 0.2) is 85.3 Å². The van der Waals surface area contributed by atoms with E-state index >= 15 is 0 Å². The number of ether oxygens (including phenoxy) is 1. The Morgan fingerprint density at radius 2 is 1.67 bits per heavy atom. The molecule has 1 amide bonds. The number of halogens is 1. The first-order valence-electron chi connectivity index (χ1n) is 10.7. The second-order valence-corrected chi connectivity index (χ2v) is 8.46. The number of benzene rings is 2. The molecule has 2 aromatic carbocycles. The summed E-state index contributed by atoms with van der Waals surface area (Å²) in [7, 11) is 0. The molecule has 0 unspecified atom stereocenters. The Balaban J connectivity index is 1.60. The van der Waals surface area contributed by atoms with Gasteiger partial charge in [0.25, 0.3) is 5.91 Å². The van der Waals surface area contributed by atoms with Crippen LogP contribution in [-0.4, -0.2) is 34.0 Å². The Morgan fingerprint density at radius 3 is 2.36 bits per heavy atom. The van der Waals surface area contributed by atoms with Crippen LogP contribution >= 0.6 is 22.6 Å². The van der Waals surface area contributed by atoms with E-state index in [9.17, 15) is 4.79 Å². The van der Waals surface area contributed by atoms with Gasteiger partial charge in [0, 0.05) is 46.3 Å². The molecule has 0 aliphatic rings. The normalized spacial score (nSPS) is 10.6. The summed E-state index contributed by atoms with van der Waals surface area (Å²) in [5, 5.41) is 0. The summed E-state index contributed by atoms with van der Waals surface area (Å²) in [6, 6.07) is 20.9. The van der Waals surface area contributed by atoms with Crippen molar-refractivity contribution in [2.24, 2.45) is 0 Å². The third-order valence-electron chi connectivity index (χ3n) is 5.05. The Bertz CT molecular complexity index is 1200. The largest absolute Gasteiger partial charge is 0.494 e. The number of amides is 1. The van der Waals surface area contributed by atoms with Gasteiger partial charge in [-0.1, -0.05) is 6.07 Å². The van der Waals surface area contributed by atoms with E-state index in [4.69, 9.17) is 4.74 Å². The van der Waals surface area contributed by atoms with Crippen LogP contribution in [0, 0.1) is 3.57 Å². The molecule has 0 aliphatic carbocycles. The Kier molecular flexibility index (Phi) is 7.62. The van der Waals surface area contributed by atoms with Crippen LogP contribution in [-0.2, 0) is 6.42 Å². The summed E-state index contributed by atoms with van der Waals surface area (Å²) in [4.78, 5) is 28.6. The van der Waals surface area contributed by atoms with Crippen molar-refractivity contribution in [3.63, 3.8) is 0 Å². The number of aromatic nitrogens is 3. The molecule has 0 fully saturated rings. The summed E-state index contributed by atoms with van der Waals surface area (Å²) in [6.07, 6.45) is 5.59. The van der Waals surface area contributed by atoms with E-state index in [0.717, 1.165) is 26.3 Å². The van der Waals surface area contributed by atoms with Crippen LogP contribution in [0.4, 0.5) is 5.82 Å². The lowest BCUT2D eigenvalue weighted by Crippen LogP contribution is -2.33. The average molecular weight is 550 g/mol. The molecule has 0 saturated carbocycles. The van der Waals surface area contributed by atoms with Crippen molar-refractivity contribution in [3.05, 3.63) is 100 Å². The van der Waals surface area contributed by atoms with Gasteiger partial charge in [-0.05, 0) is 90.2 Å². The molecule has 0 bridgehead atoms. The van der Waals surface area contributed by atoms with E-state index in [0.29, 0.717) is 31.0 Å². The number of hydrogen-bond acceptors (Lipinski definition) is 5. The van der Waals surface area contributed by atoms with Gasteiger partial charge in [-0.15, -0.1) is 0 Å². The van der Waals surface area contributed by atoms with E-state index in [-0.39, 0.29) is 5.91 Å². The van der Waals surface area contributed by atoms with E-state index in [1.54, 1.807) is 23.5 Å². The second-order valence-electron chi connectivity index (χ2n) is 7.21.